The number of halogens is 1. The van der Waals surface area contributed by atoms with E-state index in [-0.39, 0.29) is 12.1 Å². The van der Waals surface area contributed by atoms with Crippen LogP contribution in [-0.4, -0.2) is 49.0 Å². The first-order chi connectivity index (χ1) is 15.9. The molecule has 0 saturated carbocycles. The second kappa shape index (κ2) is 9.28. The van der Waals surface area contributed by atoms with E-state index in [1.807, 2.05) is 43.3 Å². The lowest BCUT2D eigenvalue weighted by Gasteiger charge is -2.22. The maximum atomic E-state index is 13.6. The molecule has 2 amide bonds. The fourth-order valence-electron chi connectivity index (χ4n) is 3.94. The zero-order valence-electron chi connectivity index (χ0n) is 18.9. The average Bonchev–Trinajstić information content (AvgIpc) is 2.98. The number of fused-ring (bicyclic) bond motifs is 1. The molecular weight excluding hydrogens is 423 g/mol. The summed E-state index contributed by atoms with van der Waals surface area (Å²) in [6.45, 7) is 1.95. The van der Waals surface area contributed by atoms with Gasteiger partial charge in [-0.15, -0.1) is 0 Å². The molecule has 1 unspecified atom stereocenters. The Morgan fingerprint density at radius 2 is 1.70 bits per heavy atom. The van der Waals surface area contributed by atoms with Gasteiger partial charge in [-0.1, -0.05) is 24.3 Å². The third-order valence-electron chi connectivity index (χ3n) is 5.62. The van der Waals surface area contributed by atoms with Gasteiger partial charge in [0.1, 0.15) is 5.82 Å². The molecule has 170 valence electrons. The Labute approximate surface area is 191 Å². The largest absolute Gasteiger partial charge is 0.493 e. The lowest BCUT2D eigenvalue weighted by atomic mass is 9.93. The number of carbonyl (C=O) groups excluding carboxylic acids is 1. The molecule has 1 aromatic heterocycles. The zero-order valence-corrected chi connectivity index (χ0v) is 18.9. The second-order valence-corrected chi connectivity index (χ2v) is 7.73. The molecule has 8 heteroatoms. The van der Waals surface area contributed by atoms with E-state index < -0.39 is 5.82 Å². The van der Waals surface area contributed by atoms with Crippen molar-refractivity contribution in [2.24, 2.45) is 5.10 Å². The minimum absolute atomic E-state index is 0.183. The molecule has 4 rings (SSSR count). The summed E-state index contributed by atoms with van der Waals surface area (Å²) >= 11 is 0. The van der Waals surface area contributed by atoms with Gasteiger partial charge in [-0.3, -0.25) is 4.98 Å². The van der Waals surface area contributed by atoms with Gasteiger partial charge in [0.25, 0.3) is 0 Å². The van der Waals surface area contributed by atoms with Crippen molar-refractivity contribution in [3.05, 3.63) is 77.4 Å². The standard InChI is InChI=1S/C25H25FN4O3/c1-15-9-18-11-22(32-3)23(33-4)12-21(18)24(29-30(15)25(31)27-2)17-7-5-16(6-8-17)19-10-20(26)14-28-13-19/h5-8,10-15H,9H2,1-4H3,(H,27,31). The Hall–Kier alpha value is -3.94. The fraction of sp³-hybridized carbons (Fsp3) is 0.240. The molecule has 2 heterocycles. The van der Waals surface area contributed by atoms with E-state index in [1.54, 1.807) is 27.5 Å². The van der Waals surface area contributed by atoms with E-state index >= 15 is 0 Å². The van der Waals surface area contributed by atoms with Crippen LogP contribution in [0.2, 0.25) is 0 Å². The number of ether oxygens (including phenoxy) is 2. The molecule has 3 aromatic rings. The second-order valence-electron chi connectivity index (χ2n) is 7.73. The molecule has 0 bridgehead atoms. The summed E-state index contributed by atoms with van der Waals surface area (Å²) in [5.41, 5.74) is 4.78. The molecule has 1 aliphatic heterocycles. The zero-order chi connectivity index (χ0) is 23.5. The minimum atomic E-state index is -0.394. The maximum Gasteiger partial charge on any atom is 0.337 e. The number of nitrogens with zero attached hydrogens (tertiary/aromatic N) is 3. The quantitative estimate of drug-likeness (QED) is 0.648. The van der Waals surface area contributed by atoms with Gasteiger partial charge in [0.2, 0.25) is 0 Å². The van der Waals surface area contributed by atoms with Gasteiger partial charge in [-0.25, -0.2) is 14.2 Å². The molecule has 7 nitrogen and oxygen atoms in total. The van der Waals surface area contributed by atoms with E-state index in [1.165, 1.54) is 17.3 Å². The first-order valence-electron chi connectivity index (χ1n) is 10.5. The highest BCUT2D eigenvalue weighted by molar-refractivity contribution is 6.14. The first kappa shape index (κ1) is 22.3. The number of rotatable bonds is 4. The number of amides is 2. The van der Waals surface area contributed by atoms with E-state index in [0.29, 0.717) is 29.2 Å². The fourth-order valence-corrected chi connectivity index (χ4v) is 3.94. The Morgan fingerprint density at radius 1 is 1.03 bits per heavy atom. The van der Waals surface area contributed by atoms with Gasteiger partial charge in [0.15, 0.2) is 11.5 Å². The average molecular weight is 448 g/mol. The van der Waals surface area contributed by atoms with Crippen LogP contribution < -0.4 is 14.8 Å². The summed E-state index contributed by atoms with van der Waals surface area (Å²) in [5, 5.41) is 8.87. The van der Waals surface area contributed by atoms with Crippen molar-refractivity contribution in [1.29, 1.82) is 0 Å². The van der Waals surface area contributed by atoms with Gasteiger partial charge in [0.05, 0.1) is 32.2 Å². The topological polar surface area (TPSA) is 76.1 Å². The number of nitrogens with one attached hydrogen (secondary N) is 1. The van der Waals surface area contributed by atoms with Crippen molar-refractivity contribution >= 4 is 11.7 Å². The molecule has 0 radical (unpaired) electrons. The Morgan fingerprint density at radius 3 is 2.33 bits per heavy atom. The summed E-state index contributed by atoms with van der Waals surface area (Å²) in [4.78, 5) is 16.5. The number of pyridine rings is 1. The minimum Gasteiger partial charge on any atom is -0.493 e. The molecule has 0 spiro atoms. The van der Waals surface area contributed by atoms with Crippen LogP contribution in [0.3, 0.4) is 0 Å². The highest BCUT2D eigenvalue weighted by atomic mass is 19.1. The van der Waals surface area contributed by atoms with Crippen molar-refractivity contribution in [3.63, 3.8) is 0 Å². The Balaban J connectivity index is 1.85. The van der Waals surface area contributed by atoms with E-state index in [9.17, 15) is 9.18 Å². The molecule has 33 heavy (non-hydrogen) atoms. The van der Waals surface area contributed by atoms with Crippen LogP contribution in [0.1, 0.15) is 23.6 Å². The van der Waals surface area contributed by atoms with Crippen molar-refractivity contribution in [3.8, 4) is 22.6 Å². The monoisotopic (exact) mass is 448 g/mol. The third kappa shape index (κ3) is 4.37. The molecule has 1 aliphatic rings. The first-order valence-corrected chi connectivity index (χ1v) is 10.5. The summed E-state index contributed by atoms with van der Waals surface area (Å²) in [5.74, 6) is 0.799. The molecular formula is C25H25FN4O3. The summed E-state index contributed by atoms with van der Waals surface area (Å²) < 4.78 is 24.6. The van der Waals surface area contributed by atoms with Gasteiger partial charge < -0.3 is 14.8 Å². The predicted molar refractivity (Wildman–Crippen MR) is 124 cm³/mol. The Kier molecular flexibility index (Phi) is 6.26. The molecule has 0 aliphatic carbocycles. The smallest absolute Gasteiger partial charge is 0.337 e. The van der Waals surface area contributed by atoms with Crippen molar-refractivity contribution < 1.29 is 18.7 Å². The van der Waals surface area contributed by atoms with Gasteiger partial charge in [-0.05, 0) is 42.7 Å². The highest BCUT2D eigenvalue weighted by Crippen LogP contribution is 2.35. The summed E-state index contributed by atoms with van der Waals surface area (Å²) in [6, 6.07) is 12.3. The highest BCUT2D eigenvalue weighted by Gasteiger charge is 2.28. The Bertz CT molecular complexity index is 1210. The van der Waals surface area contributed by atoms with E-state index in [0.717, 1.165) is 22.3 Å². The van der Waals surface area contributed by atoms with Gasteiger partial charge in [-0.2, -0.15) is 5.10 Å². The van der Waals surface area contributed by atoms with Gasteiger partial charge >= 0.3 is 6.03 Å². The van der Waals surface area contributed by atoms with Crippen LogP contribution in [0.25, 0.3) is 11.1 Å². The SMILES string of the molecule is CNC(=O)N1N=C(c2ccc(-c3cncc(F)c3)cc2)c2cc(OC)c(OC)cc2CC1C. The van der Waals surface area contributed by atoms with Crippen molar-refractivity contribution in [2.75, 3.05) is 21.3 Å². The number of carbonyl (C=O) groups is 1. The predicted octanol–water partition coefficient (Wildman–Crippen LogP) is 4.24. The normalized spacial score (nSPS) is 15.2. The van der Waals surface area contributed by atoms with E-state index in [2.05, 4.69) is 10.3 Å². The number of hydrogen-bond acceptors (Lipinski definition) is 5. The van der Waals surface area contributed by atoms with Crippen molar-refractivity contribution in [2.45, 2.75) is 19.4 Å². The molecule has 0 saturated heterocycles. The maximum absolute atomic E-state index is 13.6. The van der Waals surface area contributed by atoms with E-state index in [4.69, 9.17) is 14.6 Å². The van der Waals surface area contributed by atoms with Gasteiger partial charge in [0, 0.05) is 29.9 Å². The number of urea groups is 1. The van der Waals surface area contributed by atoms with Crippen LogP contribution in [0.5, 0.6) is 11.5 Å². The lowest BCUT2D eigenvalue weighted by molar-refractivity contribution is 0.184. The van der Waals surface area contributed by atoms with Crippen LogP contribution in [0, 0.1) is 5.82 Å². The third-order valence-corrected chi connectivity index (χ3v) is 5.62. The number of hydrogen-bond donors (Lipinski definition) is 1. The molecule has 1 N–H and O–H groups in total. The number of hydrazone groups is 1. The molecule has 0 fully saturated rings. The lowest BCUT2D eigenvalue weighted by Crippen LogP contribution is -2.41. The number of methoxy groups -OCH3 is 2. The van der Waals surface area contributed by atoms with Crippen LogP contribution in [-0.2, 0) is 6.42 Å². The van der Waals surface area contributed by atoms with Crippen LogP contribution in [0.4, 0.5) is 9.18 Å². The summed E-state index contributed by atoms with van der Waals surface area (Å²) in [6.07, 6.45) is 3.37. The number of aromatic nitrogens is 1. The molecule has 1 atom stereocenters. The molecule has 2 aromatic carbocycles. The van der Waals surface area contributed by atoms with Crippen LogP contribution in [0.15, 0.2) is 60.0 Å². The summed E-state index contributed by atoms with van der Waals surface area (Å²) in [7, 11) is 4.76. The number of benzene rings is 2. The van der Waals surface area contributed by atoms with Crippen molar-refractivity contribution in [1.82, 2.24) is 15.3 Å². The van der Waals surface area contributed by atoms with Crippen LogP contribution >= 0.6 is 0 Å².